The first-order chi connectivity index (χ1) is 7.32. The lowest BCUT2D eigenvalue weighted by molar-refractivity contribution is -0.132. The lowest BCUT2D eigenvalue weighted by atomic mass is 10.3. The zero-order valence-electron chi connectivity index (χ0n) is 10.7. The Labute approximate surface area is 96.9 Å². The Morgan fingerprint density at radius 1 is 1.06 bits per heavy atom. The largest absolute Gasteiger partial charge is 0.369 e. The number of carbonyl (C=O) groups is 2. The number of hydrogen-bond acceptors (Lipinski definition) is 3. The molecule has 0 aromatic heterocycles. The summed E-state index contributed by atoms with van der Waals surface area (Å²) >= 11 is 0. The summed E-state index contributed by atoms with van der Waals surface area (Å²) < 4.78 is 5.12. The molecule has 0 spiro atoms. The van der Waals surface area contributed by atoms with E-state index in [1.807, 2.05) is 27.7 Å². The lowest BCUT2D eigenvalue weighted by Crippen LogP contribution is -2.47. The Morgan fingerprint density at radius 2 is 1.62 bits per heavy atom. The second kappa shape index (κ2) is 7.22. The molecule has 5 nitrogen and oxygen atoms in total. The van der Waals surface area contributed by atoms with Crippen molar-refractivity contribution in [2.75, 3.05) is 6.61 Å². The molecular weight excluding hydrogens is 208 g/mol. The molecule has 0 aliphatic rings. The summed E-state index contributed by atoms with van der Waals surface area (Å²) in [6.07, 6.45) is 0.00514. The summed E-state index contributed by atoms with van der Waals surface area (Å²) in [7, 11) is 0. The normalized spacial score (nSPS) is 12.7. The number of hydrogen-bond donors (Lipinski definition) is 2. The Hall–Kier alpha value is -1.10. The molecule has 0 saturated carbocycles. The third kappa shape index (κ3) is 7.23. The summed E-state index contributed by atoms with van der Waals surface area (Å²) in [5, 5.41) is 5.28. The minimum absolute atomic E-state index is 0.00514. The Morgan fingerprint density at radius 3 is 2.06 bits per heavy atom. The zero-order chi connectivity index (χ0) is 12.7. The standard InChI is InChI=1S/C11H22N2O3/c1-7(2)12-11(15)9(5)13-10(14)6-16-8(3)4/h7-9H,6H2,1-5H3,(H,12,15)(H,13,14). The van der Waals surface area contributed by atoms with Gasteiger partial charge in [-0.25, -0.2) is 0 Å². The SMILES string of the molecule is CC(C)NC(=O)C(C)NC(=O)COC(C)C. The van der Waals surface area contributed by atoms with Crippen LogP contribution < -0.4 is 10.6 Å². The van der Waals surface area contributed by atoms with Gasteiger partial charge < -0.3 is 15.4 Å². The van der Waals surface area contributed by atoms with Crippen LogP contribution in [0.15, 0.2) is 0 Å². The van der Waals surface area contributed by atoms with Crippen molar-refractivity contribution in [1.29, 1.82) is 0 Å². The summed E-state index contributed by atoms with van der Waals surface area (Å²) in [6, 6.07) is -0.468. The quantitative estimate of drug-likeness (QED) is 0.696. The van der Waals surface area contributed by atoms with Crippen molar-refractivity contribution in [2.45, 2.75) is 52.8 Å². The van der Waals surface area contributed by atoms with E-state index in [0.717, 1.165) is 0 Å². The van der Waals surface area contributed by atoms with E-state index in [2.05, 4.69) is 10.6 Å². The molecule has 94 valence electrons. The molecular formula is C11H22N2O3. The fraction of sp³-hybridized carbons (Fsp3) is 0.818. The van der Waals surface area contributed by atoms with Crippen LogP contribution in [-0.4, -0.2) is 36.6 Å². The van der Waals surface area contributed by atoms with Gasteiger partial charge in [-0.05, 0) is 34.6 Å². The third-order valence-corrected chi connectivity index (χ3v) is 1.75. The third-order valence-electron chi connectivity index (χ3n) is 1.75. The van der Waals surface area contributed by atoms with Crippen LogP contribution in [-0.2, 0) is 14.3 Å². The van der Waals surface area contributed by atoms with Gasteiger partial charge >= 0.3 is 0 Å². The van der Waals surface area contributed by atoms with Gasteiger partial charge in [0.15, 0.2) is 0 Å². The second-order valence-electron chi connectivity index (χ2n) is 4.31. The average Bonchev–Trinajstić information content (AvgIpc) is 2.13. The molecule has 16 heavy (non-hydrogen) atoms. The molecule has 5 heteroatoms. The van der Waals surface area contributed by atoms with Crippen LogP contribution in [0.4, 0.5) is 0 Å². The van der Waals surface area contributed by atoms with Gasteiger partial charge in [-0.1, -0.05) is 0 Å². The molecule has 0 bridgehead atoms. The van der Waals surface area contributed by atoms with Gasteiger partial charge in [0.1, 0.15) is 12.6 Å². The smallest absolute Gasteiger partial charge is 0.246 e. The molecule has 0 heterocycles. The molecule has 1 unspecified atom stereocenters. The Kier molecular flexibility index (Phi) is 6.72. The van der Waals surface area contributed by atoms with Crippen LogP contribution in [0, 0.1) is 0 Å². The molecule has 0 aliphatic heterocycles. The summed E-state index contributed by atoms with van der Waals surface area (Å²) in [4.78, 5) is 22.8. The van der Waals surface area contributed by atoms with Gasteiger partial charge in [-0.3, -0.25) is 9.59 Å². The van der Waals surface area contributed by atoms with Crippen molar-refractivity contribution in [3.8, 4) is 0 Å². The summed E-state index contributed by atoms with van der Waals surface area (Å²) in [5.41, 5.74) is 0. The van der Waals surface area contributed by atoms with E-state index in [9.17, 15) is 9.59 Å². The van der Waals surface area contributed by atoms with Crippen molar-refractivity contribution in [2.24, 2.45) is 0 Å². The molecule has 0 aliphatic carbocycles. The fourth-order valence-electron chi connectivity index (χ4n) is 1.00. The molecule has 2 amide bonds. The molecule has 2 N–H and O–H groups in total. The maximum Gasteiger partial charge on any atom is 0.246 e. The molecule has 0 aromatic rings. The topological polar surface area (TPSA) is 67.4 Å². The van der Waals surface area contributed by atoms with Crippen molar-refractivity contribution in [3.05, 3.63) is 0 Å². The van der Waals surface area contributed by atoms with Crippen LogP contribution in [0.5, 0.6) is 0 Å². The highest BCUT2D eigenvalue weighted by molar-refractivity contribution is 5.87. The van der Waals surface area contributed by atoms with Crippen molar-refractivity contribution < 1.29 is 14.3 Å². The average molecular weight is 230 g/mol. The van der Waals surface area contributed by atoms with Crippen LogP contribution >= 0.6 is 0 Å². The van der Waals surface area contributed by atoms with Gasteiger partial charge in [0.05, 0.1) is 6.10 Å². The molecule has 1 atom stereocenters. The summed E-state index contributed by atoms with van der Waals surface area (Å²) in [5.74, 6) is -0.465. The van der Waals surface area contributed by atoms with E-state index in [1.54, 1.807) is 6.92 Å². The highest BCUT2D eigenvalue weighted by Crippen LogP contribution is 1.89. The Bertz CT molecular complexity index is 239. The van der Waals surface area contributed by atoms with Crippen molar-refractivity contribution in [3.63, 3.8) is 0 Å². The van der Waals surface area contributed by atoms with Crippen LogP contribution in [0.25, 0.3) is 0 Å². The maximum atomic E-state index is 11.5. The first-order valence-electron chi connectivity index (χ1n) is 5.54. The van der Waals surface area contributed by atoms with Gasteiger partial charge in [0, 0.05) is 6.04 Å². The first kappa shape index (κ1) is 14.9. The molecule has 0 rings (SSSR count). The van der Waals surface area contributed by atoms with Gasteiger partial charge in [-0.2, -0.15) is 0 Å². The lowest BCUT2D eigenvalue weighted by Gasteiger charge is -2.16. The number of ether oxygens (including phenoxy) is 1. The van der Waals surface area contributed by atoms with Gasteiger partial charge in [-0.15, -0.1) is 0 Å². The van der Waals surface area contributed by atoms with Crippen molar-refractivity contribution in [1.82, 2.24) is 10.6 Å². The molecule has 0 fully saturated rings. The van der Waals surface area contributed by atoms with E-state index >= 15 is 0 Å². The summed E-state index contributed by atoms with van der Waals surface area (Å²) in [6.45, 7) is 9.06. The molecule has 0 saturated heterocycles. The first-order valence-corrected chi connectivity index (χ1v) is 5.54. The molecule has 0 radical (unpaired) electrons. The maximum absolute atomic E-state index is 11.5. The van der Waals surface area contributed by atoms with E-state index in [4.69, 9.17) is 4.74 Å². The highest BCUT2D eigenvalue weighted by atomic mass is 16.5. The molecule has 0 aromatic carbocycles. The van der Waals surface area contributed by atoms with E-state index in [1.165, 1.54) is 0 Å². The highest BCUT2D eigenvalue weighted by Gasteiger charge is 2.16. The minimum Gasteiger partial charge on any atom is -0.369 e. The second-order valence-corrected chi connectivity index (χ2v) is 4.31. The fourth-order valence-corrected chi connectivity index (χ4v) is 1.00. The van der Waals surface area contributed by atoms with E-state index in [0.29, 0.717) is 0 Å². The van der Waals surface area contributed by atoms with Crippen LogP contribution in [0.1, 0.15) is 34.6 Å². The predicted octanol–water partition coefficient (Wildman–Crippen LogP) is 0.441. The zero-order valence-corrected chi connectivity index (χ0v) is 10.7. The van der Waals surface area contributed by atoms with Crippen LogP contribution in [0.3, 0.4) is 0 Å². The van der Waals surface area contributed by atoms with Gasteiger partial charge in [0.2, 0.25) is 11.8 Å². The van der Waals surface area contributed by atoms with Crippen LogP contribution in [0.2, 0.25) is 0 Å². The number of nitrogens with one attached hydrogen (secondary N) is 2. The van der Waals surface area contributed by atoms with E-state index < -0.39 is 6.04 Å². The number of carbonyl (C=O) groups excluding carboxylic acids is 2. The minimum atomic E-state index is -0.536. The number of amides is 2. The Balaban J connectivity index is 3.90. The van der Waals surface area contributed by atoms with Gasteiger partial charge in [0.25, 0.3) is 0 Å². The van der Waals surface area contributed by atoms with Crippen molar-refractivity contribution >= 4 is 11.8 Å². The predicted molar refractivity (Wildman–Crippen MR) is 62.0 cm³/mol. The monoisotopic (exact) mass is 230 g/mol. The number of rotatable bonds is 6. The van der Waals surface area contributed by atoms with E-state index in [-0.39, 0.29) is 30.6 Å².